The van der Waals surface area contributed by atoms with Crippen molar-refractivity contribution in [3.63, 3.8) is 0 Å². The van der Waals surface area contributed by atoms with Crippen LogP contribution < -0.4 is 19.5 Å². The van der Waals surface area contributed by atoms with E-state index < -0.39 is 0 Å². The predicted molar refractivity (Wildman–Crippen MR) is 108 cm³/mol. The van der Waals surface area contributed by atoms with Gasteiger partial charge in [0, 0.05) is 5.56 Å². The molecule has 2 aromatic carbocycles. The molecule has 7 nitrogen and oxygen atoms in total. The lowest BCUT2D eigenvalue weighted by Crippen LogP contribution is -2.11. The quantitative estimate of drug-likeness (QED) is 0.662. The molecule has 1 aromatic heterocycles. The summed E-state index contributed by atoms with van der Waals surface area (Å²) in [6.07, 6.45) is 0. The van der Waals surface area contributed by atoms with E-state index in [-0.39, 0.29) is 6.04 Å². The fraction of sp³-hybridized carbons (Fsp3) is 0.286. The molecule has 1 N–H and O–H groups in total. The molecule has 1 atom stereocenters. The highest BCUT2D eigenvalue weighted by atomic mass is 16.5. The minimum atomic E-state index is 0.0403. The first-order chi connectivity index (χ1) is 13.6. The van der Waals surface area contributed by atoms with Crippen LogP contribution in [0.4, 0.5) is 5.95 Å². The predicted octanol–water partition coefficient (Wildman–Crippen LogP) is 4.05. The van der Waals surface area contributed by atoms with Gasteiger partial charge in [0.1, 0.15) is 0 Å². The number of nitrogens with one attached hydrogen (secondary N) is 1. The molecular formula is C21H24N4O3. The number of hydrogen-bond donors (Lipinski definition) is 1. The zero-order chi connectivity index (χ0) is 20.1. The lowest BCUT2D eigenvalue weighted by Gasteiger charge is -2.16. The van der Waals surface area contributed by atoms with E-state index in [2.05, 4.69) is 39.6 Å². The van der Waals surface area contributed by atoms with Gasteiger partial charge in [-0.1, -0.05) is 30.3 Å². The monoisotopic (exact) mass is 380 g/mol. The topological polar surface area (TPSA) is 78.4 Å². The third-order valence-electron chi connectivity index (χ3n) is 4.44. The summed E-state index contributed by atoms with van der Waals surface area (Å²) < 4.78 is 16.3. The number of methoxy groups -OCH3 is 3. The summed E-state index contributed by atoms with van der Waals surface area (Å²) in [7, 11) is 4.74. The van der Waals surface area contributed by atoms with Gasteiger partial charge in [-0.2, -0.15) is 0 Å². The van der Waals surface area contributed by atoms with E-state index in [9.17, 15) is 0 Å². The molecule has 0 aliphatic rings. The molecule has 0 bridgehead atoms. The summed E-state index contributed by atoms with van der Waals surface area (Å²) in [6.45, 7) is 3.92. The summed E-state index contributed by atoms with van der Waals surface area (Å²) in [5.41, 5.74) is 3.34. The van der Waals surface area contributed by atoms with Crippen LogP contribution >= 0.6 is 0 Å². The van der Waals surface area contributed by atoms with Crippen molar-refractivity contribution in [2.75, 3.05) is 26.6 Å². The standard InChI is InChI=1S/C21H24N4O3/c1-13(15-9-7-6-8-10-15)22-21-23-19(14(2)24-25-21)16-11-17(26-3)20(28-5)18(12-16)27-4/h6-13H,1-5H3,(H,22,23,25)/t13-/m1/s1. The van der Waals surface area contributed by atoms with Gasteiger partial charge in [0.05, 0.1) is 38.8 Å². The van der Waals surface area contributed by atoms with Crippen molar-refractivity contribution in [3.8, 4) is 28.5 Å². The molecule has 0 unspecified atom stereocenters. The van der Waals surface area contributed by atoms with Gasteiger partial charge in [0.2, 0.25) is 11.7 Å². The minimum Gasteiger partial charge on any atom is -0.493 e. The number of aromatic nitrogens is 3. The Hall–Kier alpha value is -3.35. The van der Waals surface area contributed by atoms with Crippen molar-refractivity contribution in [1.29, 1.82) is 0 Å². The maximum Gasteiger partial charge on any atom is 0.243 e. The molecule has 146 valence electrons. The second kappa shape index (κ2) is 8.56. The number of benzene rings is 2. The van der Waals surface area contributed by atoms with Gasteiger partial charge in [-0.05, 0) is 31.5 Å². The second-order valence-corrected chi connectivity index (χ2v) is 6.26. The average molecular weight is 380 g/mol. The van der Waals surface area contributed by atoms with Crippen LogP contribution in [-0.4, -0.2) is 36.5 Å². The first-order valence-electron chi connectivity index (χ1n) is 8.90. The zero-order valence-corrected chi connectivity index (χ0v) is 16.7. The van der Waals surface area contributed by atoms with Crippen LogP contribution in [0.5, 0.6) is 17.2 Å². The van der Waals surface area contributed by atoms with E-state index >= 15 is 0 Å². The molecule has 0 aliphatic carbocycles. The van der Waals surface area contributed by atoms with Gasteiger partial charge in [0.25, 0.3) is 0 Å². The smallest absolute Gasteiger partial charge is 0.243 e. The van der Waals surface area contributed by atoms with Crippen molar-refractivity contribution in [3.05, 3.63) is 53.7 Å². The van der Waals surface area contributed by atoms with Crippen molar-refractivity contribution in [2.24, 2.45) is 0 Å². The molecule has 0 aliphatic heterocycles. The summed E-state index contributed by atoms with van der Waals surface area (Å²) in [5.74, 6) is 2.10. The van der Waals surface area contributed by atoms with E-state index in [1.54, 1.807) is 21.3 Å². The molecule has 28 heavy (non-hydrogen) atoms. The Morgan fingerprint density at radius 1 is 0.893 bits per heavy atom. The molecule has 1 heterocycles. The van der Waals surface area contributed by atoms with Gasteiger partial charge >= 0.3 is 0 Å². The zero-order valence-electron chi connectivity index (χ0n) is 16.7. The third kappa shape index (κ3) is 3.98. The van der Waals surface area contributed by atoms with Crippen LogP contribution in [0, 0.1) is 6.92 Å². The number of anilines is 1. The Kier molecular flexibility index (Phi) is 5.93. The largest absolute Gasteiger partial charge is 0.493 e. The Balaban J connectivity index is 1.98. The maximum absolute atomic E-state index is 5.45. The molecule has 0 saturated carbocycles. The van der Waals surface area contributed by atoms with Crippen molar-refractivity contribution < 1.29 is 14.2 Å². The van der Waals surface area contributed by atoms with Crippen LogP contribution in [0.25, 0.3) is 11.3 Å². The Morgan fingerprint density at radius 3 is 2.11 bits per heavy atom. The van der Waals surface area contributed by atoms with E-state index in [0.717, 1.165) is 11.1 Å². The Bertz CT molecular complexity index is 923. The lowest BCUT2D eigenvalue weighted by molar-refractivity contribution is 0.324. The number of rotatable bonds is 7. The summed E-state index contributed by atoms with van der Waals surface area (Å²) in [4.78, 5) is 4.68. The van der Waals surface area contributed by atoms with Crippen LogP contribution in [0.1, 0.15) is 24.2 Å². The highest BCUT2D eigenvalue weighted by molar-refractivity contribution is 5.70. The lowest BCUT2D eigenvalue weighted by atomic mass is 10.1. The molecule has 3 aromatic rings. The van der Waals surface area contributed by atoms with Crippen molar-refractivity contribution in [1.82, 2.24) is 15.2 Å². The summed E-state index contributed by atoms with van der Waals surface area (Å²) >= 11 is 0. The number of aryl methyl sites for hydroxylation is 1. The van der Waals surface area contributed by atoms with Crippen molar-refractivity contribution >= 4 is 5.95 Å². The molecule has 0 radical (unpaired) electrons. The van der Waals surface area contributed by atoms with Crippen LogP contribution in [0.3, 0.4) is 0 Å². The molecule has 7 heteroatoms. The number of nitrogens with zero attached hydrogens (tertiary/aromatic N) is 3. The molecule has 3 rings (SSSR count). The van der Waals surface area contributed by atoms with Crippen LogP contribution in [0.2, 0.25) is 0 Å². The first kappa shape index (κ1) is 19.4. The molecule has 0 amide bonds. The SMILES string of the molecule is COc1cc(-c2nc(N[C@H](C)c3ccccc3)nnc2C)cc(OC)c1OC. The molecule has 0 saturated heterocycles. The Morgan fingerprint density at radius 2 is 1.54 bits per heavy atom. The van der Waals surface area contributed by atoms with E-state index in [0.29, 0.717) is 34.6 Å². The third-order valence-corrected chi connectivity index (χ3v) is 4.44. The van der Waals surface area contributed by atoms with E-state index in [1.165, 1.54) is 0 Å². The molecule has 0 fully saturated rings. The summed E-state index contributed by atoms with van der Waals surface area (Å²) in [5, 5.41) is 11.8. The van der Waals surface area contributed by atoms with Crippen molar-refractivity contribution in [2.45, 2.75) is 19.9 Å². The molecular weight excluding hydrogens is 356 g/mol. The number of ether oxygens (including phenoxy) is 3. The number of hydrogen-bond acceptors (Lipinski definition) is 7. The summed E-state index contributed by atoms with van der Waals surface area (Å²) in [6, 6.07) is 13.8. The minimum absolute atomic E-state index is 0.0403. The van der Waals surface area contributed by atoms with Gasteiger partial charge in [-0.3, -0.25) is 0 Å². The highest BCUT2D eigenvalue weighted by Gasteiger charge is 2.17. The van der Waals surface area contributed by atoms with E-state index in [1.807, 2.05) is 37.3 Å². The maximum atomic E-state index is 5.45. The van der Waals surface area contributed by atoms with Gasteiger partial charge in [0.15, 0.2) is 11.5 Å². The molecule has 0 spiro atoms. The fourth-order valence-corrected chi connectivity index (χ4v) is 2.95. The normalized spacial score (nSPS) is 11.6. The van der Waals surface area contributed by atoms with Gasteiger partial charge in [-0.25, -0.2) is 4.98 Å². The van der Waals surface area contributed by atoms with Crippen LogP contribution in [-0.2, 0) is 0 Å². The van der Waals surface area contributed by atoms with E-state index in [4.69, 9.17) is 14.2 Å². The van der Waals surface area contributed by atoms with Gasteiger partial charge in [-0.15, -0.1) is 10.2 Å². The fourth-order valence-electron chi connectivity index (χ4n) is 2.95. The highest BCUT2D eigenvalue weighted by Crippen LogP contribution is 2.41. The second-order valence-electron chi connectivity index (χ2n) is 6.26. The average Bonchev–Trinajstić information content (AvgIpc) is 2.74. The van der Waals surface area contributed by atoms with Crippen LogP contribution in [0.15, 0.2) is 42.5 Å². The first-order valence-corrected chi connectivity index (χ1v) is 8.90. The van der Waals surface area contributed by atoms with Gasteiger partial charge < -0.3 is 19.5 Å². The Labute approximate surface area is 164 Å².